The summed E-state index contributed by atoms with van der Waals surface area (Å²) in [5.74, 6) is 0.121. The lowest BCUT2D eigenvalue weighted by molar-refractivity contribution is -0.129. The molecule has 26 heavy (non-hydrogen) atoms. The summed E-state index contributed by atoms with van der Waals surface area (Å²) in [6.07, 6.45) is 3.29. The normalized spacial score (nSPS) is 16.9. The van der Waals surface area contributed by atoms with Crippen LogP contribution in [0.25, 0.3) is 11.1 Å². The quantitative estimate of drug-likeness (QED) is 0.734. The van der Waals surface area contributed by atoms with Crippen molar-refractivity contribution in [3.05, 3.63) is 59.1 Å². The maximum atomic E-state index is 12.6. The summed E-state index contributed by atoms with van der Waals surface area (Å²) in [7, 11) is -1.22. The Morgan fingerprint density at radius 3 is 2.38 bits per heavy atom. The standard InChI is InChI=1S/C21H24ClNO2S/c1-16(26(25)15-21(24)23-13-5-2-6-14-23)17-9-11-18(12-10-17)19-7-3-4-8-20(19)22/h3-4,7-12,16H,2,5-6,13-15H2,1H3. The highest BCUT2D eigenvalue weighted by Crippen LogP contribution is 2.29. The number of benzene rings is 2. The summed E-state index contributed by atoms with van der Waals surface area (Å²) in [6.45, 7) is 3.53. The first-order chi connectivity index (χ1) is 12.6. The molecule has 0 bridgehead atoms. The molecular formula is C21H24ClNO2S. The molecule has 0 N–H and O–H groups in total. The fourth-order valence-corrected chi connectivity index (χ4v) is 4.64. The van der Waals surface area contributed by atoms with Crippen molar-refractivity contribution in [2.75, 3.05) is 18.8 Å². The second kappa shape index (κ2) is 8.83. The molecule has 1 saturated heterocycles. The average Bonchev–Trinajstić information content (AvgIpc) is 2.68. The Kier molecular flexibility index (Phi) is 6.49. The monoisotopic (exact) mass is 389 g/mol. The van der Waals surface area contributed by atoms with Crippen molar-refractivity contribution in [3.63, 3.8) is 0 Å². The zero-order valence-corrected chi connectivity index (χ0v) is 16.6. The van der Waals surface area contributed by atoms with Crippen LogP contribution in [0, 0.1) is 0 Å². The molecule has 2 aromatic rings. The van der Waals surface area contributed by atoms with Crippen molar-refractivity contribution in [1.29, 1.82) is 0 Å². The minimum atomic E-state index is -1.22. The maximum absolute atomic E-state index is 12.6. The van der Waals surface area contributed by atoms with Crippen LogP contribution >= 0.6 is 11.6 Å². The number of piperidine rings is 1. The van der Waals surface area contributed by atoms with Crippen molar-refractivity contribution >= 4 is 28.3 Å². The van der Waals surface area contributed by atoms with Crippen molar-refractivity contribution < 1.29 is 9.00 Å². The van der Waals surface area contributed by atoms with Crippen LogP contribution in [0.4, 0.5) is 0 Å². The molecule has 0 radical (unpaired) electrons. The van der Waals surface area contributed by atoms with Gasteiger partial charge in [-0.2, -0.15) is 0 Å². The lowest BCUT2D eigenvalue weighted by Crippen LogP contribution is -2.38. The van der Waals surface area contributed by atoms with E-state index in [1.165, 1.54) is 6.42 Å². The van der Waals surface area contributed by atoms with Crippen LogP contribution < -0.4 is 0 Å². The number of halogens is 1. The second-order valence-electron chi connectivity index (χ2n) is 6.71. The zero-order chi connectivity index (χ0) is 18.5. The van der Waals surface area contributed by atoms with Gasteiger partial charge in [0, 0.05) is 34.5 Å². The van der Waals surface area contributed by atoms with Gasteiger partial charge in [0.1, 0.15) is 5.75 Å². The van der Waals surface area contributed by atoms with E-state index in [0.29, 0.717) is 5.02 Å². The molecule has 3 rings (SSSR count). The fraction of sp³-hybridized carbons (Fsp3) is 0.381. The Hall–Kier alpha value is -1.65. The summed E-state index contributed by atoms with van der Waals surface area (Å²) in [5, 5.41) is 0.535. The van der Waals surface area contributed by atoms with Crippen LogP contribution in [-0.2, 0) is 15.6 Å². The highest BCUT2D eigenvalue weighted by atomic mass is 35.5. The predicted molar refractivity (Wildman–Crippen MR) is 109 cm³/mol. The maximum Gasteiger partial charge on any atom is 0.235 e. The lowest BCUT2D eigenvalue weighted by Gasteiger charge is -2.27. The number of likely N-dealkylation sites (tertiary alicyclic amines) is 1. The van der Waals surface area contributed by atoms with Crippen molar-refractivity contribution in [3.8, 4) is 11.1 Å². The van der Waals surface area contributed by atoms with Gasteiger partial charge in [-0.05, 0) is 43.4 Å². The molecule has 0 aromatic heterocycles. The summed E-state index contributed by atoms with van der Waals surface area (Å²) in [4.78, 5) is 14.2. The lowest BCUT2D eigenvalue weighted by atomic mass is 10.0. The fourth-order valence-electron chi connectivity index (χ4n) is 3.26. The number of amides is 1. The van der Waals surface area contributed by atoms with Gasteiger partial charge in [0.15, 0.2) is 0 Å². The van der Waals surface area contributed by atoms with E-state index >= 15 is 0 Å². The van der Waals surface area contributed by atoms with E-state index in [1.807, 2.05) is 60.4 Å². The molecule has 1 aliphatic rings. The number of nitrogens with zero attached hydrogens (tertiary/aromatic N) is 1. The minimum absolute atomic E-state index is 0.0163. The molecule has 2 unspecified atom stereocenters. The third-order valence-electron chi connectivity index (χ3n) is 4.93. The van der Waals surface area contributed by atoms with Gasteiger partial charge in [-0.25, -0.2) is 0 Å². The van der Waals surface area contributed by atoms with E-state index in [0.717, 1.165) is 42.6 Å². The van der Waals surface area contributed by atoms with E-state index in [-0.39, 0.29) is 16.9 Å². The molecule has 1 fully saturated rings. The Labute approximate surface area is 162 Å². The van der Waals surface area contributed by atoms with E-state index < -0.39 is 10.8 Å². The number of carbonyl (C=O) groups is 1. The summed E-state index contributed by atoms with van der Waals surface area (Å²) in [5.41, 5.74) is 2.99. The molecule has 0 saturated carbocycles. The van der Waals surface area contributed by atoms with Gasteiger partial charge in [-0.1, -0.05) is 54.1 Å². The minimum Gasteiger partial charge on any atom is -0.342 e. The number of hydrogen-bond donors (Lipinski definition) is 0. The summed E-state index contributed by atoms with van der Waals surface area (Å²) >= 11 is 6.25. The van der Waals surface area contributed by atoms with Crippen LogP contribution in [0.5, 0.6) is 0 Å². The molecular weight excluding hydrogens is 366 g/mol. The molecule has 138 valence electrons. The molecule has 0 spiro atoms. The number of carbonyl (C=O) groups excluding carboxylic acids is 1. The van der Waals surface area contributed by atoms with Crippen LogP contribution in [0.15, 0.2) is 48.5 Å². The van der Waals surface area contributed by atoms with Crippen LogP contribution in [0.3, 0.4) is 0 Å². The molecule has 2 aromatic carbocycles. The topological polar surface area (TPSA) is 37.4 Å². The Morgan fingerprint density at radius 1 is 1.08 bits per heavy atom. The third-order valence-corrected chi connectivity index (χ3v) is 6.86. The smallest absolute Gasteiger partial charge is 0.235 e. The molecule has 5 heteroatoms. The largest absolute Gasteiger partial charge is 0.342 e. The molecule has 1 heterocycles. The van der Waals surface area contributed by atoms with Gasteiger partial charge in [-0.15, -0.1) is 0 Å². The molecule has 1 aliphatic heterocycles. The first-order valence-corrected chi connectivity index (χ1v) is 10.8. The summed E-state index contributed by atoms with van der Waals surface area (Å²) < 4.78 is 12.6. The molecule has 1 amide bonds. The van der Waals surface area contributed by atoms with Gasteiger partial charge in [0.25, 0.3) is 0 Å². The number of rotatable bonds is 5. The number of hydrogen-bond acceptors (Lipinski definition) is 2. The van der Waals surface area contributed by atoms with Crippen LogP contribution in [0.1, 0.15) is 37.0 Å². The Balaban J connectivity index is 1.65. The third kappa shape index (κ3) is 4.54. The van der Waals surface area contributed by atoms with E-state index in [2.05, 4.69) is 0 Å². The molecule has 0 aliphatic carbocycles. The van der Waals surface area contributed by atoms with Gasteiger partial charge in [0.2, 0.25) is 5.91 Å². The predicted octanol–water partition coefficient (Wildman–Crippen LogP) is 4.83. The first-order valence-electron chi connectivity index (χ1n) is 9.06. The van der Waals surface area contributed by atoms with Crippen LogP contribution in [0.2, 0.25) is 5.02 Å². The van der Waals surface area contributed by atoms with Gasteiger partial charge in [0.05, 0.1) is 5.25 Å². The van der Waals surface area contributed by atoms with Crippen molar-refractivity contribution in [1.82, 2.24) is 4.90 Å². The molecule has 2 atom stereocenters. The average molecular weight is 390 g/mol. The van der Waals surface area contributed by atoms with E-state index in [1.54, 1.807) is 0 Å². The van der Waals surface area contributed by atoms with Crippen LogP contribution in [-0.4, -0.2) is 33.9 Å². The Morgan fingerprint density at radius 2 is 1.73 bits per heavy atom. The Bertz CT molecular complexity index is 785. The highest BCUT2D eigenvalue weighted by molar-refractivity contribution is 7.86. The second-order valence-corrected chi connectivity index (χ2v) is 8.88. The van der Waals surface area contributed by atoms with E-state index in [4.69, 9.17) is 11.6 Å². The van der Waals surface area contributed by atoms with Gasteiger partial charge < -0.3 is 4.90 Å². The zero-order valence-electron chi connectivity index (χ0n) is 15.0. The van der Waals surface area contributed by atoms with E-state index in [9.17, 15) is 9.00 Å². The van der Waals surface area contributed by atoms with Crippen molar-refractivity contribution in [2.45, 2.75) is 31.4 Å². The van der Waals surface area contributed by atoms with Gasteiger partial charge in [-0.3, -0.25) is 9.00 Å². The molecule has 3 nitrogen and oxygen atoms in total. The van der Waals surface area contributed by atoms with Crippen molar-refractivity contribution in [2.24, 2.45) is 0 Å². The first kappa shape index (κ1) is 19.1. The SMILES string of the molecule is CC(c1ccc(-c2ccccc2Cl)cc1)S(=O)CC(=O)N1CCCCC1. The highest BCUT2D eigenvalue weighted by Gasteiger charge is 2.22. The van der Waals surface area contributed by atoms with Gasteiger partial charge >= 0.3 is 0 Å². The summed E-state index contributed by atoms with van der Waals surface area (Å²) in [6, 6.07) is 15.7.